The molecule has 0 aliphatic carbocycles. The van der Waals surface area contributed by atoms with Gasteiger partial charge in [0, 0.05) is 29.4 Å². The van der Waals surface area contributed by atoms with E-state index in [4.69, 9.17) is 9.47 Å². The SMILES string of the molecule is COc1ccc2nccc(CCCNC[C@H]3COC(=O)N3c3ccc4c(c3)NC(=O)CS4)c2n1. The number of pyridine rings is 2. The van der Waals surface area contributed by atoms with Crippen LogP contribution in [0.3, 0.4) is 0 Å². The predicted octanol–water partition coefficient (Wildman–Crippen LogP) is 3.23. The zero-order valence-electron chi connectivity index (χ0n) is 18.7. The molecule has 1 saturated heterocycles. The van der Waals surface area contributed by atoms with Crippen molar-refractivity contribution in [2.24, 2.45) is 0 Å². The second-order valence-corrected chi connectivity index (χ2v) is 9.13. The highest BCUT2D eigenvalue weighted by atomic mass is 32.2. The molecule has 0 bridgehead atoms. The normalized spacial score (nSPS) is 17.4. The molecule has 1 fully saturated rings. The monoisotopic (exact) mass is 479 g/mol. The number of cyclic esters (lactones) is 1. The Kier molecular flexibility index (Phi) is 6.50. The van der Waals surface area contributed by atoms with E-state index in [0.717, 1.165) is 52.3 Å². The summed E-state index contributed by atoms with van der Waals surface area (Å²) >= 11 is 1.50. The smallest absolute Gasteiger partial charge is 0.414 e. The second-order valence-electron chi connectivity index (χ2n) is 8.12. The maximum Gasteiger partial charge on any atom is 0.414 e. The molecule has 2 aromatic heterocycles. The van der Waals surface area contributed by atoms with E-state index in [2.05, 4.69) is 20.6 Å². The Bertz CT molecular complexity index is 1240. The van der Waals surface area contributed by atoms with Gasteiger partial charge in [0.25, 0.3) is 0 Å². The molecule has 0 spiro atoms. The fourth-order valence-electron chi connectivity index (χ4n) is 4.20. The van der Waals surface area contributed by atoms with E-state index >= 15 is 0 Å². The number of nitrogens with one attached hydrogen (secondary N) is 2. The molecule has 2 N–H and O–H groups in total. The third-order valence-corrected chi connectivity index (χ3v) is 6.94. The molecule has 34 heavy (non-hydrogen) atoms. The lowest BCUT2D eigenvalue weighted by atomic mass is 10.1. The van der Waals surface area contributed by atoms with Gasteiger partial charge in [-0.15, -0.1) is 11.8 Å². The Morgan fingerprint density at radius 1 is 1.26 bits per heavy atom. The molecule has 4 heterocycles. The number of benzene rings is 1. The van der Waals surface area contributed by atoms with Crippen LogP contribution in [0.5, 0.6) is 5.88 Å². The van der Waals surface area contributed by atoms with Gasteiger partial charge in [-0.2, -0.15) is 0 Å². The molecular formula is C24H25N5O4S. The van der Waals surface area contributed by atoms with Crippen molar-refractivity contribution in [3.05, 3.63) is 48.2 Å². The highest BCUT2D eigenvalue weighted by Gasteiger charge is 2.34. The molecule has 3 aromatic rings. The van der Waals surface area contributed by atoms with Gasteiger partial charge in [0.2, 0.25) is 11.8 Å². The Labute approximate surface area is 201 Å². The van der Waals surface area contributed by atoms with E-state index in [0.29, 0.717) is 24.8 Å². The molecule has 1 atom stereocenters. The van der Waals surface area contributed by atoms with Crippen LogP contribution in [0.1, 0.15) is 12.0 Å². The first kappa shape index (κ1) is 22.4. The fraction of sp³-hybridized carbons (Fsp3) is 0.333. The quantitative estimate of drug-likeness (QED) is 0.475. The molecule has 1 aromatic carbocycles. The van der Waals surface area contributed by atoms with E-state index in [-0.39, 0.29) is 18.0 Å². The first-order valence-corrected chi connectivity index (χ1v) is 12.1. The lowest BCUT2D eigenvalue weighted by Crippen LogP contribution is -2.41. The number of hydrogen-bond acceptors (Lipinski definition) is 8. The van der Waals surface area contributed by atoms with Crippen molar-refractivity contribution < 1.29 is 19.1 Å². The van der Waals surface area contributed by atoms with Crippen molar-refractivity contribution in [3.63, 3.8) is 0 Å². The zero-order valence-corrected chi connectivity index (χ0v) is 19.6. The molecule has 10 heteroatoms. The highest BCUT2D eigenvalue weighted by molar-refractivity contribution is 8.00. The van der Waals surface area contributed by atoms with Crippen molar-refractivity contribution in [1.82, 2.24) is 15.3 Å². The van der Waals surface area contributed by atoms with Crippen LogP contribution in [0.15, 0.2) is 47.5 Å². The summed E-state index contributed by atoms with van der Waals surface area (Å²) in [5.41, 5.74) is 4.29. The van der Waals surface area contributed by atoms with Crippen molar-refractivity contribution in [2.75, 3.05) is 42.8 Å². The minimum atomic E-state index is -0.371. The number of aryl methyl sites for hydroxylation is 1. The largest absolute Gasteiger partial charge is 0.481 e. The summed E-state index contributed by atoms with van der Waals surface area (Å²) < 4.78 is 10.6. The van der Waals surface area contributed by atoms with Crippen LogP contribution in [0.4, 0.5) is 16.2 Å². The number of aromatic nitrogens is 2. The summed E-state index contributed by atoms with van der Waals surface area (Å²) in [6.45, 7) is 1.71. The third-order valence-electron chi connectivity index (χ3n) is 5.87. The molecule has 0 unspecified atom stereocenters. The topological polar surface area (TPSA) is 106 Å². The molecular weight excluding hydrogens is 454 g/mol. The summed E-state index contributed by atoms with van der Waals surface area (Å²) in [6.07, 6.45) is 3.18. The second kappa shape index (κ2) is 9.86. The van der Waals surface area contributed by atoms with Crippen LogP contribution in [-0.4, -0.2) is 60.6 Å². The van der Waals surface area contributed by atoms with E-state index in [1.54, 1.807) is 18.2 Å². The van der Waals surface area contributed by atoms with Gasteiger partial charge in [-0.3, -0.25) is 14.7 Å². The highest BCUT2D eigenvalue weighted by Crippen LogP contribution is 2.35. The number of carbonyl (C=O) groups is 2. The van der Waals surface area contributed by atoms with Gasteiger partial charge in [-0.05, 0) is 55.3 Å². The minimum absolute atomic E-state index is 0.0347. The number of methoxy groups -OCH3 is 1. The standard InChI is InChI=1S/C24H25N5O4S/c1-32-22-7-5-18-23(28-22)15(8-10-26-18)3-2-9-25-12-17-13-33-24(31)29(17)16-4-6-20-19(11-16)27-21(30)14-34-20/h4-8,10-11,17,25H,2-3,9,12-14H2,1H3,(H,27,30)/t17-/m0/s1. The maximum atomic E-state index is 12.4. The Balaban J connectivity index is 1.18. The number of fused-ring (bicyclic) bond motifs is 2. The zero-order chi connectivity index (χ0) is 23.5. The van der Waals surface area contributed by atoms with Gasteiger partial charge < -0.3 is 20.1 Å². The lowest BCUT2D eigenvalue weighted by Gasteiger charge is -2.24. The van der Waals surface area contributed by atoms with E-state index in [1.165, 1.54) is 11.8 Å². The first-order valence-electron chi connectivity index (χ1n) is 11.1. The van der Waals surface area contributed by atoms with Crippen LogP contribution < -0.4 is 20.3 Å². The van der Waals surface area contributed by atoms with Gasteiger partial charge in [0.1, 0.15) is 6.61 Å². The molecule has 2 amide bonds. The lowest BCUT2D eigenvalue weighted by molar-refractivity contribution is -0.113. The van der Waals surface area contributed by atoms with Gasteiger partial charge >= 0.3 is 6.09 Å². The van der Waals surface area contributed by atoms with Gasteiger partial charge in [-0.1, -0.05) is 0 Å². The number of anilines is 2. The van der Waals surface area contributed by atoms with Crippen molar-refractivity contribution in [2.45, 2.75) is 23.8 Å². The Morgan fingerprint density at radius 2 is 2.18 bits per heavy atom. The van der Waals surface area contributed by atoms with Crippen LogP contribution in [0.2, 0.25) is 0 Å². The van der Waals surface area contributed by atoms with Crippen LogP contribution in [0, 0.1) is 0 Å². The number of carbonyl (C=O) groups excluding carboxylic acids is 2. The number of hydrogen-bond donors (Lipinski definition) is 2. The van der Waals surface area contributed by atoms with E-state index < -0.39 is 0 Å². The average Bonchev–Trinajstić information content (AvgIpc) is 3.23. The van der Waals surface area contributed by atoms with Gasteiger partial charge in [0.05, 0.1) is 35.6 Å². The van der Waals surface area contributed by atoms with E-state index in [9.17, 15) is 9.59 Å². The van der Waals surface area contributed by atoms with Crippen molar-refractivity contribution >= 4 is 46.2 Å². The van der Waals surface area contributed by atoms with Gasteiger partial charge in [0.15, 0.2) is 0 Å². The van der Waals surface area contributed by atoms with Crippen molar-refractivity contribution in [1.29, 1.82) is 0 Å². The number of thioether (sulfide) groups is 1. The Hall–Kier alpha value is -3.37. The third kappa shape index (κ3) is 4.64. The molecule has 2 aliphatic heterocycles. The molecule has 0 radical (unpaired) electrons. The molecule has 9 nitrogen and oxygen atoms in total. The summed E-state index contributed by atoms with van der Waals surface area (Å²) in [4.78, 5) is 35.8. The average molecular weight is 480 g/mol. The minimum Gasteiger partial charge on any atom is -0.481 e. The number of rotatable bonds is 8. The van der Waals surface area contributed by atoms with Crippen LogP contribution in [-0.2, 0) is 16.0 Å². The molecule has 0 saturated carbocycles. The number of ether oxygens (including phenoxy) is 2. The van der Waals surface area contributed by atoms with Gasteiger partial charge in [-0.25, -0.2) is 9.78 Å². The van der Waals surface area contributed by atoms with Crippen molar-refractivity contribution in [3.8, 4) is 5.88 Å². The van der Waals surface area contributed by atoms with Crippen LogP contribution in [0.25, 0.3) is 11.0 Å². The first-order chi connectivity index (χ1) is 16.6. The van der Waals surface area contributed by atoms with Crippen LogP contribution >= 0.6 is 11.8 Å². The fourth-order valence-corrected chi connectivity index (χ4v) is 4.99. The summed E-state index contributed by atoms with van der Waals surface area (Å²) in [5.74, 6) is 0.947. The number of amides is 2. The summed E-state index contributed by atoms with van der Waals surface area (Å²) in [6, 6.07) is 11.3. The maximum absolute atomic E-state index is 12.4. The summed E-state index contributed by atoms with van der Waals surface area (Å²) in [5, 5.41) is 6.33. The molecule has 2 aliphatic rings. The summed E-state index contributed by atoms with van der Waals surface area (Å²) in [7, 11) is 1.61. The van der Waals surface area contributed by atoms with E-state index in [1.807, 2.05) is 36.4 Å². The predicted molar refractivity (Wildman–Crippen MR) is 131 cm³/mol. The molecule has 176 valence electrons. The Morgan fingerprint density at radius 3 is 3.06 bits per heavy atom. The number of nitrogens with zero attached hydrogens (tertiary/aromatic N) is 3. The molecule has 5 rings (SSSR count).